The molecule has 0 radical (unpaired) electrons. The van der Waals surface area contributed by atoms with Crippen LogP contribution in [0.5, 0.6) is 0 Å². The van der Waals surface area contributed by atoms with Crippen molar-refractivity contribution in [1.29, 1.82) is 0 Å². The molecule has 3 N–H and O–H groups in total. The molecule has 0 aromatic carbocycles. The van der Waals surface area contributed by atoms with Crippen LogP contribution in [-0.2, 0) is 9.53 Å². The molecule has 1 amide bonds. The normalized spacial score (nSPS) is 26.8. The Balaban J connectivity index is 1.87. The maximum absolute atomic E-state index is 12.3. The van der Waals surface area contributed by atoms with Crippen molar-refractivity contribution in [3.63, 3.8) is 0 Å². The third-order valence-corrected chi connectivity index (χ3v) is 4.56. The van der Waals surface area contributed by atoms with Gasteiger partial charge in [0.15, 0.2) is 0 Å². The molecule has 0 aromatic heterocycles. The van der Waals surface area contributed by atoms with Crippen molar-refractivity contribution in [2.45, 2.75) is 38.5 Å². The van der Waals surface area contributed by atoms with Crippen LogP contribution in [0.3, 0.4) is 0 Å². The lowest BCUT2D eigenvalue weighted by molar-refractivity contribution is -0.127. The summed E-state index contributed by atoms with van der Waals surface area (Å²) >= 11 is 5.11. The molecule has 5 heteroatoms. The van der Waals surface area contributed by atoms with Crippen molar-refractivity contribution in [2.75, 3.05) is 19.8 Å². The topological polar surface area (TPSA) is 64.4 Å². The number of carbonyl (C=O) groups is 1. The predicted molar refractivity (Wildman–Crippen MR) is 74.2 cm³/mol. The van der Waals surface area contributed by atoms with Gasteiger partial charge in [-0.2, -0.15) is 0 Å². The van der Waals surface area contributed by atoms with Crippen LogP contribution in [0, 0.1) is 11.3 Å². The Morgan fingerprint density at radius 3 is 2.67 bits per heavy atom. The zero-order chi connectivity index (χ0) is 13.0. The molecule has 0 aromatic rings. The standard InChI is InChI=1S/C13H22N2O2S/c14-11(18)13(5-1-2-6-13)12(16)15-8-10-4-3-7-17-9-10/h10H,1-9H2,(H2,14,18)(H,15,16). The van der Waals surface area contributed by atoms with Crippen LogP contribution in [-0.4, -0.2) is 30.7 Å². The smallest absolute Gasteiger partial charge is 0.233 e. The van der Waals surface area contributed by atoms with Gasteiger partial charge >= 0.3 is 0 Å². The number of ether oxygens (including phenoxy) is 1. The molecule has 1 saturated heterocycles. The molecule has 1 unspecified atom stereocenters. The van der Waals surface area contributed by atoms with E-state index < -0.39 is 5.41 Å². The average Bonchev–Trinajstić information content (AvgIpc) is 2.88. The van der Waals surface area contributed by atoms with E-state index in [1.165, 1.54) is 0 Å². The van der Waals surface area contributed by atoms with Gasteiger partial charge in [-0.1, -0.05) is 25.1 Å². The molecule has 2 rings (SSSR count). The maximum atomic E-state index is 12.3. The van der Waals surface area contributed by atoms with Gasteiger partial charge in [-0.25, -0.2) is 0 Å². The highest BCUT2D eigenvalue weighted by molar-refractivity contribution is 7.80. The molecule has 1 atom stereocenters. The van der Waals surface area contributed by atoms with Gasteiger partial charge in [-0.15, -0.1) is 0 Å². The molecule has 1 aliphatic heterocycles. The molecule has 102 valence electrons. The van der Waals surface area contributed by atoms with Crippen molar-refractivity contribution in [3.8, 4) is 0 Å². The Kier molecular flexibility index (Phi) is 4.56. The number of nitrogens with two attached hydrogens (primary N) is 1. The van der Waals surface area contributed by atoms with Crippen molar-refractivity contribution >= 4 is 23.1 Å². The second kappa shape index (κ2) is 5.97. The summed E-state index contributed by atoms with van der Waals surface area (Å²) in [5.41, 5.74) is 5.21. The molecule has 2 aliphatic rings. The van der Waals surface area contributed by atoms with Crippen LogP contribution < -0.4 is 11.1 Å². The fourth-order valence-corrected chi connectivity index (χ4v) is 3.24. The summed E-state index contributed by atoms with van der Waals surface area (Å²) in [6.45, 7) is 2.28. The summed E-state index contributed by atoms with van der Waals surface area (Å²) in [5, 5.41) is 3.03. The zero-order valence-corrected chi connectivity index (χ0v) is 11.6. The van der Waals surface area contributed by atoms with E-state index in [9.17, 15) is 4.79 Å². The number of hydrogen-bond donors (Lipinski definition) is 2. The second-order valence-corrected chi connectivity index (χ2v) is 5.89. The number of hydrogen-bond acceptors (Lipinski definition) is 3. The summed E-state index contributed by atoms with van der Waals surface area (Å²) < 4.78 is 5.41. The first-order chi connectivity index (χ1) is 8.65. The van der Waals surface area contributed by atoms with E-state index in [2.05, 4.69) is 5.32 Å². The SMILES string of the molecule is NC(=S)C1(C(=O)NCC2CCCOC2)CCCC1. The van der Waals surface area contributed by atoms with E-state index in [1.807, 2.05) is 0 Å². The molecule has 0 spiro atoms. The van der Waals surface area contributed by atoms with E-state index in [-0.39, 0.29) is 5.91 Å². The Morgan fingerprint density at radius 2 is 2.11 bits per heavy atom. The number of amides is 1. The van der Waals surface area contributed by atoms with Gasteiger partial charge in [0.25, 0.3) is 0 Å². The lowest BCUT2D eigenvalue weighted by atomic mass is 9.85. The van der Waals surface area contributed by atoms with Crippen LogP contribution in [0.25, 0.3) is 0 Å². The predicted octanol–water partition coefficient (Wildman–Crippen LogP) is 1.38. The average molecular weight is 270 g/mol. The number of rotatable bonds is 4. The number of nitrogens with one attached hydrogen (secondary N) is 1. The van der Waals surface area contributed by atoms with E-state index in [0.29, 0.717) is 17.5 Å². The van der Waals surface area contributed by atoms with E-state index in [4.69, 9.17) is 22.7 Å². The van der Waals surface area contributed by atoms with E-state index in [0.717, 1.165) is 51.7 Å². The minimum absolute atomic E-state index is 0.0260. The van der Waals surface area contributed by atoms with Gasteiger partial charge in [0.1, 0.15) is 0 Å². The van der Waals surface area contributed by atoms with Gasteiger partial charge in [0.2, 0.25) is 5.91 Å². The third kappa shape index (κ3) is 2.83. The van der Waals surface area contributed by atoms with Crippen molar-refractivity contribution in [3.05, 3.63) is 0 Å². The van der Waals surface area contributed by atoms with Crippen LogP contribution >= 0.6 is 12.2 Å². The highest BCUT2D eigenvalue weighted by atomic mass is 32.1. The molecule has 18 heavy (non-hydrogen) atoms. The zero-order valence-electron chi connectivity index (χ0n) is 10.7. The molecule has 1 aliphatic carbocycles. The molecular weight excluding hydrogens is 248 g/mol. The Bertz CT molecular complexity index is 321. The van der Waals surface area contributed by atoms with E-state index in [1.54, 1.807) is 0 Å². The summed E-state index contributed by atoms with van der Waals surface area (Å²) in [7, 11) is 0. The van der Waals surface area contributed by atoms with Crippen LogP contribution in [0.15, 0.2) is 0 Å². The summed E-state index contributed by atoms with van der Waals surface area (Å²) in [6, 6.07) is 0. The molecular formula is C13H22N2O2S. The first-order valence-electron chi connectivity index (χ1n) is 6.81. The second-order valence-electron chi connectivity index (χ2n) is 5.45. The first kappa shape index (κ1) is 13.7. The van der Waals surface area contributed by atoms with Crippen molar-refractivity contribution < 1.29 is 9.53 Å². The lowest BCUT2D eigenvalue weighted by Crippen LogP contribution is -2.48. The van der Waals surface area contributed by atoms with Crippen LogP contribution in [0.1, 0.15) is 38.5 Å². The number of carbonyl (C=O) groups excluding carboxylic acids is 1. The van der Waals surface area contributed by atoms with Crippen LogP contribution in [0.2, 0.25) is 0 Å². The summed E-state index contributed by atoms with van der Waals surface area (Å²) in [4.78, 5) is 12.7. The minimum Gasteiger partial charge on any atom is -0.392 e. The van der Waals surface area contributed by atoms with Gasteiger partial charge in [-0.05, 0) is 31.6 Å². The highest BCUT2D eigenvalue weighted by Crippen LogP contribution is 2.38. The molecule has 2 fully saturated rings. The Morgan fingerprint density at radius 1 is 1.39 bits per heavy atom. The molecule has 4 nitrogen and oxygen atoms in total. The summed E-state index contributed by atoms with van der Waals surface area (Å²) in [6.07, 6.45) is 5.89. The Hall–Kier alpha value is -0.680. The van der Waals surface area contributed by atoms with E-state index >= 15 is 0 Å². The molecule has 1 saturated carbocycles. The lowest BCUT2D eigenvalue weighted by Gasteiger charge is -2.28. The minimum atomic E-state index is -0.579. The molecule has 0 bridgehead atoms. The summed E-state index contributed by atoms with van der Waals surface area (Å²) in [5.74, 6) is 0.463. The fourth-order valence-electron chi connectivity index (χ4n) is 2.94. The largest absolute Gasteiger partial charge is 0.392 e. The third-order valence-electron chi connectivity index (χ3n) is 4.17. The highest BCUT2D eigenvalue weighted by Gasteiger charge is 2.43. The maximum Gasteiger partial charge on any atom is 0.233 e. The fraction of sp³-hybridized carbons (Fsp3) is 0.846. The first-order valence-corrected chi connectivity index (χ1v) is 7.22. The van der Waals surface area contributed by atoms with Crippen LogP contribution in [0.4, 0.5) is 0 Å². The van der Waals surface area contributed by atoms with Gasteiger partial charge < -0.3 is 15.8 Å². The van der Waals surface area contributed by atoms with Gasteiger partial charge in [0.05, 0.1) is 17.0 Å². The van der Waals surface area contributed by atoms with Gasteiger partial charge in [0, 0.05) is 13.2 Å². The monoisotopic (exact) mass is 270 g/mol. The Labute approximate surface area is 114 Å². The van der Waals surface area contributed by atoms with Crippen molar-refractivity contribution in [2.24, 2.45) is 17.1 Å². The number of thiocarbonyl (C=S) groups is 1. The quantitative estimate of drug-likeness (QED) is 0.757. The van der Waals surface area contributed by atoms with Gasteiger partial charge in [-0.3, -0.25) is 4.79 Å². The molecule has 1 heterocycles. The van der Waals surface area contributed by atoms with Crippen molar-refractivity contribution in [1.82, 2.24) is 5.32 Å².